The Morgan fingerprint density at radius 2 is 2.28 bits per heavy atom. The van der Waals surface area contributed by atoms with Crippen molar-refractivity contribution in [1.82, 2.24) is 4.98 Å². The van der Waals surface area contributed by atoms with Crippen LogP contribution in [0.4, 0.5) is 0 Å². The van der Waals surface area contributed by atoms with Gasteiger partial charge in [-0.1, -0.05) is 17.8 Å². The normalized spacial score (nSPS) is 10.6. The van der Waals surface area contributed by atoms with E-state index in [0.717, 1.165) is 22.8 Å². The monoisotopic (exact) mass is 264 g/mol. The van der Waals surface area contributed by atoms with Gasteiger partial charge in [-0.2, -0.15) is 0 Å². The Morgan fingerprint density at radius 1 is 1.44 bits per heavy atom. The van der Waals surface area contributed by atoms with E-state index in [0.29, 0.717) is 11.8 Å². The molecule has 0 bridgehead atoms. The molecule has 1 aromatic heterocycles. The summed E-state index contributed by atoms with van der Waals surface area (Å²) in [6.45, 7) is 2.38. The minimum absolute atomic E-state index is 0.472. The topological polar surface area (TPSA) is 61.3 Å². The molecular weight excluding hydrogens is 248 g/mol. The van der Waals surface area contributed by atoms with Crippen LogP contribution in [0.25, 0.3) is 0 Å². The first-order chi connectivity index (χ1) is 8.72. The second-order valence-electron chi connectivity index (χ2n) is 3.89. The van der Waals surface area contributed by atoms with Crippen LogP contribution in [0.5, 0.6) is 5.75 Å². The first-order valence-electron chi connectivity index (χ1n) is 5.63. The summed E-state index contributed by atoms with van der Waals surface area (Å²) in [4.78, 5) is 4.25. The molecule has 0 unspecified atom stereocenters. The van der Waals surface area contributed by atoms with Crippen molar-refractivity contribution in [2.75, 3.05) is 7.11 Å². The number of nitrogens with zero attached hydrogens (tertiary/aromatic N) is 1. The van der Waals surface area contributed by atoms with Gasteiger partial charge in [0.2, 0.25) is 0 Å². The van der Waals surface area contributed by atoms with Crippen LogP contribution in [0.15, 0.2) is 34.1 Å². The van der Waals surface area contributed by atoms with Crippen LogP contribution < -0.4 is 10.5 Å². The highest BCUT2D eigenvalue weighted by atomic mass is 32.2. The van der Waals surface area contributed by atoms with Gasteiger partial charge >= 0.3 is 0 Å². The van der Waals surface area contributed by atoms with E-state index in [4.69, 9.17) is 14.9 Å². The maximum absolute atomic E-state index is 5.69. The lowest BCUT2D eigenvalue weighted by molar-refractivity contribution is 0.409. The molecule has 0 atom stereocenters. The third-order valence-electron chi connectivity index (χ3n) is 2.52. The fraction of sp³-hybridized carbons (Fsp3) is 0.308. The van der Waals surface area contributed by atoms with Crippen molar-refractivity contribution < 1.29 is 9.15 Å². The van der Waals surface area contributed by atoms with Gasteiger partial charge in [0.15, 0.2) is 0 Å². The van der Waals surface area contributed by atoms with Gasteiger partial charge in [-0.05, 0) is 24.6 Å². The van der Waals surface area contributed by atoms with E-state index in [9.17, 15) is 0 Å². The maximum atomic E-state index is 5.69. The Bertz CT molecular complexity index is 525. The minimum Gasteiger partial charge on any atom is -0.496 e. The molecule has 0 aliphatic heterocycles. The van der Waals surface area contributed by atoms with E-state index in [2.05, 4.69) is 11.1 Å². The van der Waals surface area contributed by atoms with Crippen LogP contribution in [0.2, 0.25) is 0 Å². The number of methoxy groups -OCH3 is 1. The minimum atomic E-state index is 0.472. The summed E-state index contributed by atoms with van der Waals surface area (Å²) < 4.78 is 10.5. The van der Waals surface area contributed by atoms with Crippen molar-refractivity contribution in [1.29, 1.82) is 0 Å². The predicted molar refractivity (Wildman–Crippen MR) is 71.7 cm³/mol. The van der Waals surface area contributed by atoms with Crippen LogP contribution in [-0.2, 0) is 12.3 Å². The van der Waals surface area contributed by atoms with Crippen molar-refractivity contribution >= 4 is 11.8 Å². The molecule has 0 amide bonds. The zero-order valence-electron chi connectivity index (χ0n) is 10.5. The van der Waals surface area contributed by atoms with Crippen molar-refractivity contribution in [3.63, 3.8) is 0 Å². The fourth-order valence-electron chi connectivity index (χ4n) is 1.62. The summed E-state index contributed by atoms with van der Waals surface area (Å²) in [6, 6.07) is 6.03. The smallest absolute Gasteiger partial charge is 0.256 e. The Kier molecular flexibility index (Phi) is 4.28. The molecule has 0 saturated heterocycles. The predicted octanol–water partition coefficient (Wildman–Crippen LogP) is 2.74. The molecule has 0 aliphatic carbocycles. The van der Waals surface area contributed by atoms with Crippen LogP contribution >= 0.6 is 11.8 Å². The van der Waals surface area contributed by atoms with Crippen molar-refractivity contribution in [3.8, 4) is 5.75 Å². The summed E-state index contributed by atoms with van der Waals surface area (Å²) in [5.41, 5.74) is 8.78. The van der Waals surface area contributed by atoms with Crippen molar-refractivity contribution in [2.45, 2.75) is 24.4 Å². The number of ether oxygens (including phenoxy) is 1. The molecule has 18 heavy (non-hydrogen) atoms. The number of oxazole rings is 1. The summed E-state index contributed by atoms with van der Waals surface area (Å²) >= 11 is 1.57. The third-order valence-corrected chi connectivity index (χ3v) is 3.44. The molecular formula is C13H16N2O2S. The first kappa shape index (κ1) is 13.0. The number of nitrogens with two attached hydrogens (primary N) is 1. The van der Waals surface area contributed by atoms with Gasteiger partial charge in [0.25, 0.3) is 5.22 Å². The molecule has 1 heterocycles. The van der Waals surface area contributed by atoms with Crippen LogP contribution in [0.3, 0.4) is 0 Å². The fourth-order valence-corrected chi connectivity index (χ4v) is 2.42. The number of thioether (sulfide) groups is 1. The molecule has 5 heteroatoms. The lowest BCUT2D eigenvalue weighted by Gasteiger charge is -2.08. The second kappa shape index (κ2) is 5.93. The second-order valence-corrected chi connectivity index (χ2v) is 4.82. The molecule has 0 aliphatic rings. The summed E-state index contributed by atoms with van der Waals surface area (Å²) in [5.74, 6) is 1.63. The molecule has 4 nitrogen and oxygen atoms in total. The number of aryl methyl sites for hydroxylation is 1. The molecule has 2 aromatic rings. The SMILES string of the molecule is COc1ccc(CSc2nc(C)co2)cc1CN. The molecule has 0 spiro atoms. The van der Waals surface area contributed by atoms with Gasteiger partial charge in [-0.25, -0.2) is 4.98 Å². The van der Waals surface area contributed by atoms with E-state index in [1.165, 1.54) is 5.56 Å². The lowest BCUT2D eigenvalue weighted by Crippen LogP contribution is -2.00. The van der Waals surface area contributed by atoms with Gasteiger partial charge in [0.1, 0.15) is 12.0 Å². The van der Waals surface area contributed by atoms with E-state index in [1.807, 2.05) is 19.1 Å². The third kappa shape index (κ3) is 3.05. The van der Waals surface area contributed by atoms with Crippen molar-refractivity contribution in [3.05, 3.63) is 41.3 Å². The van der Waals surface area contributed by atoms with Crippen molar-refractivity contribution in [2.24, 2.45) is 5.73 Å². The van der Waals surface area contributed by atoms with Crippen LogP contribution in [0, 0.1) is 6.92 Å². The van der Waals surface area contributed by atoms with Gasteiger partial charge in [-0.3, -0.25) is 0 Å². The van der Waals surface area contributed by atoms with Crippen LogP contribution in [-0.4, -0.2) is 12.1 Å². The maximum Gasteiger partial charge on any atom is 0.256 e. The van der Waals surface area contributed by atoms with E-state index in [1.54, 1.807) is 25.1 Å². The number of rotatable bonds is 5. The molecule has 1 aromatic carbocycles. The molecule has 0 radical (unpaired) electrons. The zero-order valence-corrected chi connectivity index (χ0v) is 11.3. The molecule has 0 saturated carbocycles. The molecule has 2 N–H and O–H groups in total. The largest absolute Gasteiger partial charge is 0.496 e. The van der Waals surface area contributed by atoms with E-state index >= 15 is 0 Å². The van der Waals surface area contributed by atoms with E-state index < -0.39 is 0 Å². The van der Waals surface area contributed by atoms with Crippen LogP contribution in [0.1, 0.15) is 16.8 Å². The van der Waals surface area contributed by atoms with Gasteiger partial charge in [0.05, 0.1) is 12.8 Å². The highest BCUT2D eigenvalue weighted by Crippen LogP contribution is 2.25. The average Bonchev–Trinajstić information content (AvgIpc) is 2.81. The summed E-state index contributed by atoms with van der Waals surface area (Å²) in [7, 11) is 1.65. The Balaban J connectivity index is 2.05. The quantitative estimate of drug-likeness (QED) is 0.841. The number of hydrogen-bond acceptors (Lipinski definition) is 5. The summed E-state index contributed by atoms with van der Waals surface area (Å²) in [5, 5.41) is 0.692. The highest BCUT2D eigenvalue weighted by Gasteiger charge is 2.05. The van der Waals surface area contributed by atoms with E-state index in [-0.39, 0.29) is 0 Å². The Hall–Kier alpha value is -1.46. The van der Waals surface area contributed by atoms with Gasteiger partial charge in [0, 0.05) is 17.9 Å². The Labute approximate surface area is 111 Å². The molecule has 2 rings (SSSR count). The standard InChI is InChI=1S/C13H16N2O2S/c1-9-7-17-13(15-9)18-8-10-3-4-12(16-2)11(5-10)6-14/h3-5,7H,6,8,14H2,1-2H3. The number of hydrogen-bond donors (Lipinski definition) is 1. The first-order valence-corrected chi connectivity index (χ1v) is 6.62. The zero-order chi connectivity index (χ0) is 13.0. The van der Waals surface area contributed by atoms with Gasteiger partial charge < -0.3 is 14.9 Å². The Morgan fingerprint density at radius 3 is 2.89 bits per heavy atom. The highest BCUT2D eigenvalue weighted by molar-refractivity contribution is 7.98. The molecule has 96 valence electrons. The summed E-state index contributed by atoms with van der Waals surface area (Å²) in [6.07, 6.45) is 1.65. The number of benzene rings is 1. The lowest BCUT2D eigenvalue weighted by atomic mass is 10.1. The average molecular weight is 264 g/mol. The number of aromatic nitrogens is 1. The molecule has 0 fully saturated rings. The van der Waals surface area contributed by atoms with Gasteiger partial charge in [-0.15, -0.1) is 0 Å².